The molecule has 8 unspecified atom stereocenters. The number of Topliss-reactive ketones (excluding diaryl/α,β-unsaturated/α-hetero) is 2. The van der Waals surface area contributed by atoms with Gasteiger partial charge in [-0.25, -0.2) is 0 Å². The molecule has 3 aliphatic rings. The molecule has 2 N–H and O–H groups in total. The van der Waals surface area contributed by atoms with Gasteiger partial charge in [-0.2, -0.15) is 0 Å². The van der Waals surface area contributed by atoms with Crippen molar-refractivity contribution in [3.05, 3.63) is 48.2 Å². The molecule has 254 valence electrons. The first kappa shape index (κ1) is 37.4. The molecule has 3 fully saturated rings. The Morgan fingerprint density at radius 1 is 1.07 bits per heavy atom. The normalized spacial score (nSPS) is 31.2. The second-order valence-electron chi connectivity index (χ2n) is 14.3. The van der Waals surface area contributed by atoms with Crippen LogP contribution in [0.1, 0.15) is 131 Å². The van der Waals surface area contributed by atoms with Crippen molar-refractivity contribution in [1.29, 1.82) is 0 Å². The fraction of sp³-hybridized carbons (Fsp3) is 0.744. The van der Waals surface area contributed by atoms with Crippen molar-refractivity contribution in [2.75, 3.05) is 6.54 Å². The minimum atomic E-state index is -2.00. The Labute approximate surface area is 274 Å². The van der Waals surface area contributed by atoms with E-state index in [9.17, 15) is 19.8 Å². The molecule has 2 aliphatic heterocycles. The highest BCUT2D eigenvalue weighted by Crippen LogP contribution is 2.40. The Morgan fingerprint density at radius 3 is 2.44 bits per heavy atom. The third kappa shape index (κ3) is 10.5. The van der Waals surface area contributed by atoms with Gasteiger partial charge in [-0.05, 0) is 102 Å². The van der Waals surface area contributed by atoms with Gasteiger partial charge in [0.1, 0.15) is 5.78 Å². The summed E-state index contributed by atoms with van der Waals surface area (Å²) in [5.41, 5.74) is 2.82. The summed E-state index contributed by atoms with van der Waals surface area (Å²) in [7, 11) is 0. The fourth-order valence-corrected chi connectivity index (χ4v) is 7.14. The zero-order valence-electron chi connectivity index (χ0n) is 29.1. The number of likely N-dealkylation sites (tertiary alicyclic amines) is 1. The lowest BCUT2D eigenvalue weighted by Crippen LogP contribution is -2.59. The number of unbranched alkanes of at least 4 members (excludes halogenated alkanes) is 3. The van der Waals surface area contributed by atoms with Crippen LogP contribution >= 0.6 is 0 Å². The number of ketones is 2. The largest absolute Gasteiger partial charge is 0.390 e. The summed E-state index contributed by atoms with van der Waals surface area (Å²) in [4.78, 5) is 28.5. The van der Waals surface area contributed by atoms with Gasteiger partial charge in [0.15, 0.2) is 0 Å². The van der Waals surface area contributed by atoms with E-state index in [0.29, 0.717) is 31.6 Å². The highest BCUT2D eigenvalue weighted by atomic mass is 16.6. The van der Waals surface area contributed by atoms with E-state index >= 15 is 0 Å². The molecule has 2 saturated heterocycles. The van der Waals surface area contributed by atoms with Gasteiger partial charge in [0.05, 0.1) is 23.9 Å². The maximum atomic E-state index is 13.7. The van der Waals surface area contributed by atoms with Crippen molar-refractivity contribution >= 4 is 11.6 Å². The number of piperidine rings is 1. The lowest BCUT2D eigenvalue weighted by Gasteiger charge is -2.46. The zero-order valence-corrected chi connectivity index (χ0v) is 29.1. The molecule has 2 heterocycles. The maximum Gasteiger partial charge on any atom is 0.237 e. The SMILES string of the molecule is C=C(CC)C1CCCCN1C(=C)C(=O)C1(O)OC(CCCC/C=C/C(CC)C(=O)CCCC/C(C)=C/C2CC2C)C(O)CC1C. The van der Waals surface area contributed by atoms with Crippen LogP contribution in [-0.2, 0) is 14.3 Å². The highest BCUT2D eigenvalue weighted by Gasteiger charge is 2.52. The second-order valence-corrected chi connectivity index (χ2v) is 14.3. The number of hydrogen-bond donors (Lipinski definition) is 2. The lowest BCUT2D eigenvalue weighted by molar-refractivity contribution is -0.284. The minimum Gasteiger partial charge on any atom is -0.390 e. The molecule has 0 bridgehead atoms. The number of ether oxygens (including phenoxy) is 1. The van der Waals surface area contributed by atoms with Crippen molar-refractivity contribution in [2.45, 2.75) is 155 Å². The summed E-state index contributed by atoms with van der Waals surface area (Å²) in [6.45, 7) is 19.5. The molecular weight excluding hydrogens is 562 g/mol. The number of rotatable bonds is 19. The fourth-order valence-electron chi connectivity index (χ4n) is 7.14. The van der Waals surface area contributed by atoms with Gasteiger partial charge in [-0.15, -0.1) is 0 Å². The van der Waals surface area contributed by atoms with E-state index in [2.05, 4.69) is 59.1 Å². The van der Waals surface area contributed by atoms with Gasteiger partial charge in [0.2, 0.25) is 11.6 Å². The van der Waals surface area contributed by atoms with E-state index in [0.717, 1.165) is 88.0 Å². The molecule has 0 radical (unpaired) electrons. The van der Waals surface area contributed by atoms with Crippen LogP contribution in [0.4, 0.5) is 0 Å². The number of nitrogens with zero attached hydrogens (tertiary/aromatic N) is 1. The Bertz CT molecular complexity index is 1080. The molecule has 0 aromatic heterocycles. The third-order valence-corrected chi connectivity index (χ3v) is 10.6. The van der Waals surface area contributed by atoms with Crippen molar-refractivity contribution < 1.29 is 24.5 Å². The van der Waals surface area contributed by atoms with Crippen molar-refractivity contribution in [3.8, 4) is 0 Å². The average Bonchev–Trinajstić information content (AvgIpc) is 3.73. The van der Waals surface area contributed by atoms with E-state index < -0.39 is 29.7 Å². The standard InChI is InChI=1S/C39H63NO5/c1-8-28(4)34-20-16-17-23-40(34)31(7)38(43)39(44)30(6)26-36(42)37(45-39)22-13-11-10-12-19-32(9-2)35(41)21-15-14-18-27(3)24-33-25-29(33)5/h12,19,24,29-30,32-34,36-37,42,44H,4,7-11,13-18,20-23,25-26H2,1-3,5-6H3/b19-12+,27-24+. The number of carbonyl (C=O) groups excluding carboxylic acids is 2. The maximum absolute atomic E-state index is 13.7. The Hall–Kier alpha value is -2.02. The lowest BCUT2D eigenvalue weighted by atomic mass is 9.83. The van der Waals surface area contributed by atoms with E-state index in [1.165, 1.54) is 12.0 Å². The first-order valence-corrected chi connectivity index (χ1v) is 18.1. The van der Waals surface area contributed by atoms with E-state index in [4.69, 9.17) is 4.74 Å². The molecule has 0 spiro atoms. The number of hydrogen-bond acceptors (Lipinski definition) is 6. The van der Waals surface area contributed by atoms with Crippen LogP contribution in [0.15, 0.2) is 48.2 Å². The number of allylic oxidation sites excluding steroid dienone is 4. The zero-order chi connectivity index (χ0) is 33.1. The molecule has 0 aromatic carbocycles. The first-order valence-electron chi connectivity index (χ1n) is 18.1. The molecule has 8 atom stereocenters. The molecule has 0 amide bonds. The van der Waals surface area contributed by atoms with Crippen molar-refractivity contribution in [3.63, 3.8) is 0 Å². The predicted molar refractivity (Wildman–Crippen MR) is 183 cm³/mol. The summed E-state index contributed by atoms with van der Waals surface area (Å²) >= 11 is 0. The molecule has 0 aromatic rings. The van der Waals surface area contributed by atoms with Gasteiger partial charge < -0.3 is 19.8 Å². The second kappa shape index (κ2) is 17.8. The smallest absolute Gasteiger partial charge is 0.237 e. The van der Waals surface area contributed by atoms with Crippen LogP contribution in [0, 0.1) is 23.7 Å². The monoisotopic (exact) mass is 625 g/mol. The van der Waals surface area contributed by atoms with E-state index in [1.807, 2.05) is 4.90 Å². The summed E-state index contributed by atoms with van der Waals surface area (Å²) < 4.78 is 6.06. The summed E-state index contributed by atoms with van der Waals surface area (Å²) in [5, 5.41) is 22.4. The van der Waals surface area contributed by atoms with E-state index in [-0.39, 0.29) is 17.7 Å². The van der Waals surface area contributed by atoms with Gasteiger partial charge in [0.25, 0.3) is 0 Å². The summed E-state index contributed by atoms with van der Waals surface area (Å²) in [5.74, 6) is -1.12. The van der Waals surface area contributed by atoms with Crippen LogP contribution in [0.2, 0.25) is 0 Å². The molecule has 1 aliphatic carbocycles. The molecule has 3 rings (SSSR count). The molecule has 1 saturated carbocycles. The summed E-state index contributed by atoms with van der Waals surface area (Å²) in [6.07, 6.45) is 18.3. The van der Waals surface area contributed by atoms with Gasteiger partial charge in [0, 0.05) is 24.8 Å². The number of carbonyl (C=O) groups is 2. The van der Waals surface area contributed by atoms with Gasteiger partial charge in [-0.1, -0.05) is 76.6 Å². The Kier molecular flexibility index (Phi) is 14.8. The number of aliphatic hydroxyl groups is 2. The highest BCUT2D eigenvalue weighted by molar-refractivity contribution is 6.00. The topological polar surface area (TPSA) is 87.1 Å². The Balaban J connectivity index is 1.42. The van der Waals surface area contributed by atoms with Gasteiger partial charge in [-0.3, -0.25) is 9.59 Å². The van der Waals surface area contributed by atoms with Gasteiger partial charge >= 0.3 is 0 Å². The summed E-state index contributed by atoms with van der Waals surface area (Å²) in [6, 6.07) is 0.0483. The van der Waals surface area contributed by atoms with E-state index in [1.54, 1.807) is 6.92 Å². The van der Waals surface area contributed by atoms with Crippen LogP contribution in [-0.4, -0.2) is 57.3 Å². The molecule has 45 heavy (non-hydrogen) atoms. The van der Waals surface area contributed by atoms with Crippen molar-refractivity contribution in [1.82, 2.24) is 4.90 Å². The van der Waals surface area contributed by atoms with Crippen LogP contribution in [0.5, 0.6) is 0 Å². The van der Waals surface area contributed by atoms with Crippen LogP contribution in [0.3, 0.4) is 0 Å². The predicted octanol–water partition coefficient (Wildman–Crippen LogP) is 8.24. The van der Waals surface area contributed by atoms with Crippen LogP contribution in [0.25, 0.3) is 0 Å². The van der Waals surface area contributed by atoms with Crippen LogP contribution < -0.4 is 0 Å². The third-order valence-electron chi connectivity index (χ3n) is 10.6. The Morgan fingerprint density at radius 2 is 1.78 bits per heavy atom. The van der Waals surface area contributed by atoms with Crippen molar-refractivity contribution in [2.24, 2.45) is 23.7 Å². The quantitative estimate of drug-likeness (QED) is 0.0854. The molecular formula is C39H63NO5. The first-order chi connectivity index (χ1) is 21.4. The number of aliphatic hydroxyl groups excluding tert-OH is 1. The molecule has 6 nitrogen and oxygen atoms in total. The minimum absolute atomic E-state index is 0.0259. The molecule has 6 heteroatoms. The average molecular weight is 626 g/mol.